The van der Waals surface area contributed by atoms with Gasteiger partial charge >= 0.3 is 0 Å². The normalized spacial score (nSPS) is 12.3. The number of hydrogen-bond donors (Lipinski definition) is 2. The number of rotatable bonds is 5. The minimum Gasteiger partial charge on any atom is -0.363 e. The molecule has 150 valence electrons. The molecule has 3 rings (SSSR count). The lowest BCUT2D eigenvalue weighted by atomic mass is 9.86. The molecule has 5 nitrogen and oxygen atoms in total. The third kappa shape index (κ3) is 5.19. The van der Waals surface area contributed by atoms with E-state index in [4.69, 9.17) is 0 Å². The number of anilines is 2. The fraction of sp³-hybridized carbons (Fsp3) is 0.292. The number of carbonyl (C=O) groups excluding carboxylic acids is 1. The van der Waals surface area contributed by atoms with Crippen LogP contribution in [0.2, 0.25) is 0 Å². The highest BCUT2D eigenvalue weighted by Gasteiger charge is 2.20. The first-order valence-electron chi connectivity index (χ1n) is 9.82. The molecular weight excluding hydrogens is 360 g/mol. The summed E-state index contributed by atoms with van der Waals surface area (Å²) in [5.74, 6) is 0.926. The molecule has 0 spiro atoms. The zero-order valence-corrected chi connectivity index (χ0v) is 17.7. The summed E-state index contributed by atoms with van der Waals surface area (Å²) in [4.78, 5) is 21.7. The molecule has 2 N–H and O–H groups in total. The molecule has 0 aliphatic heterocycles. The predicted octanol–water partition coefficient (Wildman–Crippen LogP) is 5.51. The van der Waals surface area contributed by atoms with Crippen molar-refractivity contribution in [3.8, 4) is 0 Å². The first-order chi connectivity index (χ1) is 13.7. The van der Waals surface area contributed by atoms with Crippen LogP contribution < -0.4 is 10.6 Å². The monoisotopic (exact) mass is 388 g/mol. The first kappa shape index (κ1) is 20.5. The van der Waals surface area contributed by atoms with E-state index in [2.05, 4.69) is 60.4 Å². The van der Waals surface area contributed by atoms with Crippen molar-refractivity contribution in [1.29, 1.82) is 0 Å². The van der Waals surface area contributed by atoms with E-state index in [0.717, 1.165) is 16.8 Å². The van der Waals surface area contributed by atoms with E-state index in [1.165, 1.54) is 0 Å². The number of nitrogens with one attached hydrogen (secondary N) is 2. The zero-order chi connectivity index (χ0) is 21.0. The van der Waals surface area contributed by atoms with Crippen molar-refractivity contribution in [2.75, 3.05) is 10.6 Å². The Morgan fingerprint density at radius 2 is 1.62 bits per heavy atom. The van der Waals surface area contributed by atoms with Crippen LogP contribution in [-0.2, 0) is 5.41 Å². The highest BCUT2D eigenvalue weighted by molar-refractivity contribution is 6.03. The molecule has 0 saturated carbocycles. The average molecular weight is 389 g/mol. The van der Waals surface area contributed by atoms with Gasteiger partial charge in [0.25, 0.3) is 5.91 Å². The van der Waals surface area contributed by atoms with E-state index in [0.29, 0.717) is 17.3 Å². The molecule has 29 heavy (non-hydrogen) atoms. The molecule has 1 aromatic heterocycles. The minimum atomic E-state index is -0.248. The summed E-state index contributed by atoms with van der Waals surface area (Å²) >= 11 is 0. The smallest absolute Gasteiger partial charge is 0.274 e. The van der Waals surface area contributed by atoms with Crippen LogP contribution in [0, 0.1) is 6.92 Å². The summed E-state index contributed by atoms with van der Waals surface area (Å²) in [7, 11) is 0. The first-order valence-corrected chi connectivity index (χ1v) is 9.82. The lowest BCUT2D eigenvalue weighted by molar-refractivity contribution is 0.102. The van der Waals surface area contributed by atoms with Gasteiger partial charge in [0.2, 0.25) is 0 Å². The summed E-state index contributed by atoms with van der Waals surface area (Å²) in [6, 6.07) is 19.7. The molecule has 0 bridgehead atoms. The van der Waals surface area contributed by atoms with Crippen LogP contribution in [0.4, 0.5) is 11.5 Å². The summed E-state index contributed by atoms with van der Waals surface area (Å²) < 4.78 is 0. The second kappa shape index (κ2) is 8.43. The van der Waals surface area contributed by atoms with Gasteiger partial charge in [0.05, 0.1) is 0 Å². The lowest BCUT2D eigenvalue weighted by Gasteiger charge is -2.23. The van der Waals surface area contributed by atoms with Crippen LogP contribution in [-0.4, -0.2) is 15.9 Å². The van der Waals surface area contributed by atoms with Crippen molar-refractivity contribution < 1.29 is 4.79 Å². The predicted molar refractivity (Wildman–Crippen MR) is 118 cm³/mol. The van der Waals surface area contributed by atoms with Gasteiger partial charge in [-0.25, -0.2) is 9.97 Å². The molecule has 1 amide bonds. The highest BCUT2D eigenvalue weighted by atomic mass is 16.1. The van der Waals surface area contributed by atoms with Gasteiger partial charge in [-0.3, -0.25) is 4.79 Å². The molecule has 0 aliphatic rings. The summed E-state index contributed by atoms with van der Waals surface area (Å²) in [5.41, 5.74) is 3.28. The van der Waals surface area contributed by atoms with Crippen molar-refractivity contribution in [2.24, 2.45) is 0 Å². The molecule has 2 aromatic carbocycles. The van der Waals surface area contributed by atoms with Gasteiger partial charge in [0, 0.05) is 17.8 Å². The molecule has 1 unspecified atom stereocenters. The second-order valence-electron chi connectivity index (χ2n) is 8.21. The number of para-hydroxylation sites is 1. The Labute approximate surface area is 172 Å². The molecule has 0 radical (unpaired) electrons. The van der Waals surface area contributed by atoms with Crippen molar-refractivity contribution in [1.82, 2.24) is 9.97 Å². The van der Waals surface area contributed by atoms with E-state index in [1.54, 1.807) is 13.0 Å². The van der Waals surface area contributed by atoms with E-state index >= 15 is 0 Å². The van der Waals surface area contributed by atoms with Gasteiger partial charge in [-0.15, -0.1) is 0 Å². The maximum atomic E-state index is 12.9. The summed E-state index contributed by atoms with van der Waals surface area (Å²) in [6.45, 7) is 10.2. The number of aryl methyl sites for hydroxylation is 1. The topological polar surface area (TPSA) is 66.9 Å². The van der Waals surface area contributed by atoms with E-state index in [-0.39, 0.29) is 17.4 Å². The molecular formula is C24H28N4O. The zero-order valence-electron chi connectivity index (χ0n) is 17.7. The van der Waals surface area contributed by atoms with Crippen molar-refractivity contribution in [3.63, 3.8) is 0 Å². The van der Waals surface area contributed by atoms with Crippen molar-refractivity contribution in [2.45, 2.75) is 46.1 Å². The standard InChI is InChI=1S/C24H28N4O/c1-16(18-11-7-6-8-12-18)25-22-15-21(26-17(2)27-22)23(29)28-20-14-10-9-13-19(20)24(3,4)5/h6-16H,1-5H3,(H,28,29)(H,25,26,27). The van der Waals surface area contributed by atoms with Gasteiger partial charge in [0.1, 0.15) is 17.3 Å². The van der Waals surface area contributed by atoms with Crippen LogP contribution in [0.3, 0.4) is 0 Å². The number of hydrogen-bond acceptors (Lipinski definition) is 4. The maximum absolute atomic E-state index is 12.9. The molecule has 1 atom stereocenters. The van der Waals surface area contributed by atoms with Crippen LogP contribution in [0.25, 0.3) is 0 Å². The number of carbonyl (C=O) groups is 1. The van der Waals surface area contributed by atoms with E-state index < -0.39 is 0 Å². The van der Waals surface area contributed by atoms with Crippen LogP contribution >= 0.6 is 0 Å². The van der Waals surface area contributed by atoms with Gasteiger partial charge in [0.15, 0.2) is 0 Å². The lowest BCUT2D eigenvalue weighted by Crippen LogP contribution is -2.20. The summed E-state index contributed by atoms with van der Waals surface area (Å²) in [6.07, 6.45) is 0. The fourth-order valence-electron chi connectivity index (χ4n) is 3.24. The number of benzene rings is 2. The number of amides is 1. The Hall–Kier alpha value is -3.21. The molecule has 1 heterocycles. The maximum Gasteiger partial charge on any atom is 0.274 e. The van der Waals surface area contributed by atoms with Gasteiger partial charge < -0.3 is 10.6 Å². The SMILES string of the molecule is Cc1nc(NC(C)c2ccccc2)cc(C(=O)Nc2ccccc2C(C)(C)C)n1. The quantitative estimate of drug-likeness (QED) is 0.605. The second-order valence-corrected chi connectivity index (χ2v) is 8.21. The molecule has 0 saturated heterocycles. The van der Waals surface area contributed by atoms with Crippen molar-refractivity contribution in [3.05, 3.63) is 83.3 Å². The van der Waals surface area contributed by atoms with Gasteiger partial charge in [-0.2, -0.15) is 0 Å². The van der Waals surface area contributed by atoms with Crippen LogP contribution in [0.1, 0.15) is 61.2 Å². The Morgan fingerprint density at radius 3 is 2.31 bits per heavy atom. The molecule has 5 heteroatoms. The fourth-order valence-corrected chi connectivity index (χ4v) is 3.24. The third-order valence-electron chi connectivity index (χ3n) is 4.72. The van der Waals surface area contributed by atoms with Gasteiger partial charge in [-0.05, 0) is 36.5 Å². The summed E-state index contributed by atoms with van der Waals surface area (Å²) in [5, 5.41) is 6.38. The molecule has 0 fully saturated rings. The van der Waals surface area contributed by atoms with E-state index in [1.807, 2.05) is 42.5 Å². The van der Waals surface area contributed by atoms with E-state index in [9.17, 15) is 4.79 Å². The number of aromatic nitrogens is 2. The Kier molecular flexibility index (Phi) is 5.97. The minimum absolute atomic E-state index is 0.0584. The van der Waals surface area contributed by atoms with Gasteiger partial charge in [-0.1, -0.05) is 69.3 Å². The van der Waals surface area contributed by atoms with Crippen LogP contribution in [0.5, 0.6) is 0 Å². The molecule has 0 aliphatic carbocycles. The Balaban J connectivity index is 1.82. The largest absolute Gasteiger partial charge is 0.363 e. The highest BCUT2D eigenvalue weighted by Crippen LogP contribution is 2.29. The Morgan fingerprint density at radius 1 is 0.966 bits per heavy atom. The third-order valence-corrected chi connectivity index (χ3v) is 4.72. The Bertz CT molecular complexity index is 993. The average Bonchev–Trinajstić information content (AvgIpc) is 2.67. The van der Waals surface area contributed by atoms with Crippen molar-refractivity contribution >= 4 is 17.4 Å². The molecule has 3 aromatic rings. The number of nitrogens with zero attached hydrogens (tertiary/aromatic N) is 2. The van der Waals surface area contributed by atoms with Crippen LogP contribution in [0.15, 0.2) is 60.7 Å².